The predicted molar refractivity (Wildman–Crippen MR) is 97.7 cm³/mol. The van der Waals surface area contributed by atoms with Crippen molar-refractivity contribution < 1.29 is 13.5 Å². The second kappa shape index (κ2) is 7.35. The third-order valence-electron chi connectivity index (χ3n) is 3.75. The van der Waals surface area contributed by atoms with Crippen LogP contribution in [-0.4, -0.2) is 41.5 Å². The number of nitrogens with one attached hydrogen (secondary N) is 2. The van der Waals surface area contributed by atoms with Gasteiger partial charge in [-0.2, -0.15) is 13.9 Å². The minimum atomic E-state index is -2.96. The van der Waals surface area contributed by atoms with Crippen LogP contribution in [0.5, 0.6) is 5.88 Å². The molecule has 9 nitrogen and oxygen atoms in total. The van der Waals surface area contributed by atoms with Gasteiger partial charge in [0.1, 0.15) is 22.7 Å². The molecule has 0 aliphatic heterocycles. The highest BCUT2D eigenvalue weighted by Gasteiger charge is 2.18. The van der Waals surface area contributed by atoms with E-state index in [1.807, 2.05) is 6.92 Å². The molecule has 4 heterocycles. The number of nitrogens with zero attached hydrogens (tertiary/aromatic N) is 6. The highest BCUT2D eigenvalue weighted by molar-refractivity contribution is 6.33. The van der Waals surface area contributed by atoms with E-state index in [1.54, 1.807) is 23.0 Å². The lowest BCUT2D eigenvalue weighted by atomic mass is 10.2. The van der Waals surface area contributed by atoms with Crippen LogP contribution in [0.15, 0.2) is 30.6 Å². The number of fused-ring (bicyclic) bond motifs is 1. The summed E-state index contributed by atoms with van der Waals surface area (Å²) in [6, 6.07) is 4.74. The molecule has 144 valence electrons. The molecule has 4 aromatic heterocycles. The number of rotatable bonds is 6. The summed E-state index contributed by atoms with van der Waals surface area (Å²) in [4.78, 5) is 13.2. The fraction of sp³-hybridized carbons (Fsp3) is 0.188. The lowest BCUT2D eigenvalue weighted by Gasteiger charge is -2.03. The van der Waals surface area contributed by atoms with Gasteiger partial charge in [0.15, 0.2) is 11.5 Å². The van der Waals surface area contributed by atoms with Gasteiger partial charge in [-0.1, -0.05) is 11.6 Å². The van der Waals surface area contributed by atoms with Gasteiger partial charge in [-0.25, -0.2) is 14.6 Å². The maximum Gasteiger partial charge on any atom is 0.388 e. The molecule has 0 saturated carbocycles. The van der Waals surface area contributed by atoms with Crippen LogP contribution in [0.1, 0.15) is 6.92 Å². The van der Waals surface area contributed by atoms with Gasteiger partial charge < -0.3 is 10.1 Å². The molecule has 28 heavy (non-hydrogen) atoms. The quantitative estimate of drug-likeness (QED) is 0.503. The Morgan fingerprint density at radius 1 is 1.32 bits per heavy atom. The first kappa shape index (κ1) is 18.0. The van der Waals surface area contributed by atoms with Gasteiger partial charge in [-0.15, -0.1) is 5.10 Å². The molecule has 0 atom stereocenters. The molecule has 0 aliphatic rings. The lowest BCUT2D eigenvalue weighted by molar-refractivity contribution is -0.0528. The SMILES string of the molecule is CCn1nc(-c2ncccc2Cl)c2ncc(Nc3cc(OC(F)F)n[nH]3)nc21. The Morgan fingerprint density at radius 2 is 2.18 bits per heavy atom. The van der Waals surface area contributed by atoms with Gasteiger partial charge in [0, 0.05) is 18.8 Å². The van der Waals surface area contributed by atoms with Gasteiger partial charge in [0.2, 0.25) is 5.88 Å². The Bertz CT molecular complexity index is 1130. The lowest BCUT2D eigenvalue weighted by Crippen LogP contribution is -2.01. The van der Waals surface area contributed by atoms with Crippen molar-refractivity contribution in [2.45, 2.75) is 20.1 Å². The minimum Gasteiger partial charge on any atom is -0.415 e. The third-order valence-corrected chi connectivity index (χ3v) is 4.06. The van der Waals surface area contributed by atoms with Crippen molar-refractivity contribution in [1.82, 2.24) is 34.9 Å². The molecular weight excluding hydrogens is 394 g/mol. The highest BCUT2D eigenvalue weighted by Crippen LogP contribution is 2.30. The van der Waals surface area contributed by atoms with E-state index in [4.69, 9.17) is 11.6 Å². The molecule has 0 radical (unpaired) electrons. The fourth-order valence-corrected chi connectivity index (χ4v) is 2.81. The first-order valence-corrected chi connectivity index (χ1v) is 8.54. The Hall–Kier alpha value is -3.34. The first-order valence-electron chi connectivity index (χ1n) is 8.17. The largest absolute Gasteiger partial charge is 0.415 e. The van der Waals surface area contributed by atoms with Gasteiger partial charge in [0.25, 0.3) is 0 Å². The number of halogens is 3. The number of anilines is 2. The molecule has 0 aliphatic carbocycles. The zero-order chi connectivity index (χ0) is 19.7. The molecule has 12 heteroatoms. The molecule has 0 bridgehead atoms. The van der Waals surface area contributed by atoms with Crippen LogP contribution in [0.4, 0.5) is 20.4 Å². The van der Waals surface area contributed by atoms with Gasteiger partial charge in [0.05, 0.1) is 11.2 Å². The maximum absolute atomic E-state index is 12.2. The molecule has 0 saturated heterocycles. The summed E-state index contributed by atoms with van der Waals surface area (Å²) in [5.74, 6) is 0.449. The summed E-state index contributed by atoms with van der Waals surface area (Å²) in [5.41, 5.74) is 2.10. The topological polar surface area (TPSA) is 106 Å². The van der Waals surface area contributed by atoms with E-state index in [2.05, 4.69) is 40.3 Å². The minimum absolute atomic E-state index is 0.239. The Morgan fingerprint density at radius 3 is 2.93 bits per heavy atom. The zero-order valence-electron chi connectivity index (χ0n) is 14.4. The van der Waals surface area contributed by atoms with Crippen LogP contribution in [0, 0.1) is 0 Å². The number of alkyl halides is 2. The van der Waals surface area contributed by atoms with Crippen molar-refractivity contribution >= 4 is 34.4 Å². The summed E-state index contributed by atoms with van der Waals surface area (Å²) in [6.45, 7) is -0.487. The van der Waals surface area contributed by atoms with Crippen LogP contribution in [0.25, 0.3) is 22.6 Å². The van der Waals surface area contributed by atoms with Gasteiger partial charge >= 0.3 is 6.61 Å². The number of ether oxygens (including phenoxy) is 1. The summed E-state index contributed by atoms with van der Waals surface area (Å²) < 4.78 is 30.4. The van der Waals surface area contributed by atoms with Crippen molar-refractivity contribution in [3.05, 3.63) is 35.6 Å². The van der Waals surface area contributed by atoms with Crippen molar-refractivity contribution in [3.63, 3.8) is 0 Å². The zero-order valence-corrected chi connectivity index (χ0v) is 15.2. The van der Waals surface area contributed by atoms with Gasteiger partial charge in [-0.3, -0.25) is 10.1 Å². The van der Waals surface area contributed by atoms with E-state index in [0.717, 1.165) is 0 Å². The second-order valence-electron chi connectivity index (χ2n) is 5.55. The van der Waals surface area contributed by atoms with Crippen molar-refractivity contribution in [1.29, 1.82) is 0 Å². The number of hydrogen-bond acceptors (Lipinski definition) is 7. The average Bonchev–Trinajstić information content (AvgIpc) is 3.25. The molecule has 4 rings (SSSR count). The Kier molecular flexibility index (Phi) is 4.74. The summed E-state index contributed by atoms with van der Waals surface area (Å²) in [6.07, 6.45) is 3.11. The van der Waals surface area contributed by atoms with Crippen LogP contribution in [0.3, 0.4) is 0 Å². The van der Waals surface area contributed by atoms with E-state index < -0.39 is 6.61 Å². The molecule has 0 aromatic carbocycles. The molecule has 0 amide bonds. The van der Waals surface area contributed by atoms with E-state index >= 15 is 0 Å². The van der Waals surface area contributed by atoms with Crippen LogP contribution in [0.2, 0.25) is 5.02 Å². The van der Waals surface area contributed by atoms with E-state index in [-0.39, 0.29) is 5.88 Å². The van der Waals surface area contributed by atoms with E-state index in [0.29, 0.717) is 45.8 Å². The number of aromatic amines is 1. The number of pyridine rings is 1. The van der Waals surface area contributed by atoms with Crippen LogP contribution >= 0.6 is 11.6 Å². The summed E-state index contributed by atoms with van der Waals surface area (Å²) in [7, 11) is 0. The number of H-pyrrole nitrogens is 1. The monoisotopic (exact) mass is 406 g/mol. The molecular formula is C16H13ClF2N8O. The van der Waals surface area contributed by atoms with Gasteiger partial charge in [-0.05, 0) is 19.1 Å². The molecule has 2 N–H and O–H groups in total. The molecule has 0 fully saturated rings. The number of aromatic nitrogens is 7. The Balaban J connectivity index is 1.69. The standard InChI is InChI=1S/C16H13ClF2N8O/c1-2-27-15-14(13(26-27)12-8(17)4-3-5-20-12)21-7-10(23-15)22-9-6-11(25-24-9)28-16(18)19/h3-7,16H,2H2,1H3,(H2,22,23,24,25). The fourth-order valence-electron chi connectivity index (χ4n) is 2.60. The number of aryl methyl sites for hydroxylation is 1. The Labute approximate surface area is 161 Å². The maximum atomic E-state index is 12.2. The summed E-state index contributed by atoms with van der Waals surface area (Å²) >= 11 is 6.24. The molecule has 0 spiro atoms. The second-order valence-corrected chi connectivity index (χ2v) is 5.96. The normalized spacial score (nSPS) is 11.3. The van der Waals surface area contributed by atoms with E-state index in [9.17, 15) is 8.78 Å². The average molecular weight is 407 g/mol. The number of hydrogen-bond donors (Lipinski definition) is 2. The van der Waals surface area contributed by atoms with Crippen molar-refractivity contribution in [2.75, 3.05) is 5.32 Å². The predicted octanol–water partition coefficient (Wildman–Crippen LogP) is 3.63. The highest BCUT2D eigenvalue weighted by atomic mass is 35.5. The third kappa shape index (κ3) is 3.43. The first-order chi connectivity index (χ1) is 13.5. The molecule has 0 unspecified atom stereocenters. The van der Waals surface area contributed by atoms with E-state index in [1.165, 1.54) is 12.3 Å². The van der Waals surface area contributed by atoms with Crippen LogP contribution < -0.4 is 10.1 Å². The van der Waals surface area contributed by atoms with Crippen molar-refractivity contribution in [2.24, 2.45) is 0 Å². The molecule has 4 aromatic rings. The smallest absolute Gasteiger partial charge is 0.388 e. The summed E-state index contributed by atoms with van der Waals surface area (Å²) in [5, 5.41) is 14.0. The van der Waals surface area contributed by atoms with Crippen LogP contribution in [-0.2, 0) is 6.54 Å². The van der Waals surface area contributed by atoms with Crippen molar-refractivity contribution in [3.8, 4) is 17.3 Å².